The van der Waals surface area contributed by atoms with Gasteiger partial charge in [0.05, 0.1) is 24.2 Å². The maximum Gasteiger partial charge on any atom is 0.407 e. The van der Waals surface area contributed by atoms with Gasteiger partial charge in [0, 0.05) is 31.5 Å². The van der Waals surface area contributed by atoms with Crippen molar-refractivity contribution in [2.45, 2.75) is 76.9 Å². The smallest absolute Gasteiger partial charge is 0.407 e. The molecule has 230 valence electrons. The SMILES string of the molecule is COc1ccc(CN(C(=O)O)[C@H](CCC(=O)Cc2ccc([N+](=O)[O-])cc2)C(O[Si](C)(C)C(C)(C)C)c2ccccc2)cc1. The van der Waals surface area contributed by atoms with Crippen LogP contribution in [0.3, 0.4) is 0 Å². The number of carbonyl (C=O) groups is 2. The first-order chi connectivity index (χ1) is 20.2. The van der Waals surface area contributed by atoms with Gasteiger partial charge in [-0.15, -0.1) is 0 Å². The van der Waals surface area contributed by atoms with E-state index in [2.05, 4.69) is 33.9 Å². The zero-order chi connectivity index (χ0) is 31.8. The third kappa shape index (κ3) is 9.23. The molecule has 43 heavy (non-hydrogen) atoms. The number of non-ortho nitro benzene ring substituents is 1. The van der Waals surface area contributed by atoms with E-state index in [0.29, 0.717) is 11.3 Å². The summed E-state index contributed by atoms with van der Waals surface area (Å²) in [6.45, 7) is 10.8. The molecule has 2 atom stereocenters. The number of nitro benzene ring substituents is 1. The maximum atomic E-state index is 13.2. The molecule has 0 bridgehead atoms. The Labute approximate surface area is 254 Å². The molecule has 10 heteroatoms. The van der Waals surface area contributed by atoms with Gasteiger partial charge in [-0.25, -0.2) is 4.79 Å². The summed E-state index contributed by atoms with van der Waals surface area (Å²) in [6, 6.07) is 22.1. The molecule has 9 nitrogen and oxygen atoms in total. The third-order valence-electron chi connectivity index (χ3n) is 8.13. The first-order valence-electron chi connectivity index (χ1n) is 14.3. The summed E-state index contributed by atoms with van der Waals surface area (Å²) >= 11 is 0. The summed E-state index contributed by atoms with van der Waals surface area (Å²) in [6.07, 6.45) is -1.28. The maximum absolute atomic E-state index is 13.2. The van der Waals surface area contributed by atoms with Gasteiger partial charge >= 0.3 is 6.09 Å². The number of amides is 1. The number of hydrogen-bond donors (Lipinski definition) is 1. The minimum absolute atomic E-state index is 0.0413. The summed E-state index contributed by atoms with van der Waals surface area (Å²) in [5.41, 5.74) is 2.25. The number of nitro groups is 1. The van der Waals surface area contributed by atoms with Crippen molar-refractivity contribution in [3.63, 3.8) is 0 Å². The zero-order valence-electron chi connectivity index (χ0n) is 25.8. The van der Waals surface area contributed by atoms with Crippen LogP contribution in [0, 0.1) is 10.1 Å². The standard InChI is InChI=1S/C33H42N2O7Si/c1-33(2,3)43(5,6)42-31(26-10-8-7-9-11-26)30(34(32(37)38)23-25-14-19-29(41-4)20-15-25)21-18-28(36)22-24-12-16-27(17-13-24)35(39)40/h7-17,19-20,30-31H,18,21-23H2,1-6H3,(H,37,38)/t30-,31?/m1/s1. The molecule has 1 unspecified atom stereocenters. The van der Waals surface area contributed by atoms with Crippen molar-refractivity contribution in [1.29, 1.82) is 0 Å². The lowest BCUT2D eigenvalue weighted by Gasteiger charge is -2.44. The Morgan fingerprint density at radius 3 is 2.05 bits per heavy atom. The molecule has 3 aromatic carbocycles. The molecule has 0 aromatic heterocycles. The minimum atomic E-state index is -2.41. The molecule has 0 saturated heterocycles. The largest absolute Gasteiger partial charge is 0.497 e. The normalized spacial score (nSPS) is 13.2. The second-order valence-electron chi connectivity index (χ2n) is 12.2. The molecule has 0 saturated carbocycles. The van der Waals surface area contributed by atoms with E-state index in [4.69, 9.17) is 9.16 Å². The number of carboxylic acid groups (broad SMARTS) is 1. The van der Waals surface area contributed by atoms with E-state index in [1.165, 1.54) is 17.0 Å². The zero-order valence-corrected chi connectivity index (χ0v) is 26.8. The summed E-state index contributed by atoms with van der Waals surface area (Å²) in [5.74, 6) is 0.579. The van der Waals surface area contributed by atoms with Crippen molar-refractivity contribution in [2.24, 2.45) is 0 Å². The van der Waals surface area contributed by atoms with Crippen molar-refractivity contribution in [2.75, 3.05) is 7.11 Å². The van der Waals surface area contributed by atoms with Crippen LogP contribution in [0.5, 0.6) is 5.75 Å². The first kappa shape index (κ1) is 33.5. The van der Waals surface area contributed by atoms with E-state index >= 15 is 0 Å². The van der Waals surface area contributed by atoms with Crippen LogP contribution in [0.4, 0.5) is 10.5 Å². The van der Waals surface area contributed by atoms with Crippen molar-refractivity contribution in [3.8, 4) is 5.75 Å². The predicted molar refractivity (Wildman–Crippen MR) is 169 cm³/mol. The summed E-state index contributed by atoms with van der Waals surface area (Å²) < 4.78 is 12.2. The molecule has 1 amide bonds. The summed E-state index contributed by atoms with van der Waals surface area (Å²) in [5, 5.41) is 21.4. The van der Waals surface area contributed by atoms with Gasteiger partial charge in [0.15, 0.2) is 8.32 Å². The van der Waals surface area contributed by atoms with Gasteiger partial charge < -0.3 is 14.3 Å². The molecule has 0 aliphatic rings. The highest BCUT2D eigenvalue weighted by Gasteiger charge is 2.43. The molecule has 0 radical (unpaired) electrons. The second-order valence-corrected chi connectivity index (χ2v) is 17.0. The Balaban J connectivity index is 1.98. The van der Waals surface area contributed by atoms with Crippen LogP contribution in [0.15, 0.2) is 78.9 Å². The van der Waals surface area contributed by atoms with Gasteiger partial charge in [0.2, 0.25) is 0 Å². The molecular formula is C33H42N2O7Si. The van der Waals surface area contributed by atoms with Crippen LogP contribution < -0.4 is 4.74 Å². The summed E-state index contributed by atoms with van der Waals surface area (Å²) in [4.78, 5) is 38.0. The lowest BCUT2D eigenvalue weighted by Crippen LogP contribution is -2.49. The number of carbonyl (C=O) groups excluding carboxylic acids is 1. The Morgan fingerprint density at radius 1 is 0.953 bits per heavy atom. The average Bonchev–Trinajstić information content (AvgIpc) is 2.96. The van der Waals surface area contributed by atoms with E-state index in [1.807, 2.05) is 42.5 Å². The number of methoxy groups -OCH3 is 1. The molecular weight excluding hydrogens is 564 g/mol. The lowest BCUT2D eigenvalue weighted by molar-refractivity contribution is -0.384. The molecule has 3 rings (SSSR count). The van der Waals surface area contributed by atoms with Gasteiger partial charge in [-0.3, -0.25) is 19.8 Å². The number of nitrogens with zero attached hydrogens (tertiary/aromatic N) is 2. The molecule has 1 N–H and O–H groups in total. The second kappa shape index (κ2) is 14.4. The van der Waals surface area contributed by atoms with Crippen molar-refractivity contribution < 1.29 is 28.8 Å². The van der Waals surface area contributed by atoms with Crippen molar-refractivity contribution in [3.05, 3.63) is 106 Å². The minimum Gasteiger partial charge on any atom is -0.497 e. The van der Waals surface area contributed by atoms with Gasteiger partial charge in [-0.2, -0.15) is 0 Å². The molecule has 0 heterocycles. The van der Waals surface area contributed by atoms with E-state index in [-0.39, 0.29) is 42.3 Å². The fourth-order valence-electron chi connectivity index (χ4n) is 4.59. The Hall–Kier alpha value is -4.02. The molecule has 0 spiro atoms. The number of rotatable bonds is 14. The van der Waals surface area contributed by atoms with Crippen LogP contribution in [0.2, 0.25) is 18.1 Å². The van der Waals surface area contributed by atoms with Crippen molar-refractivity contribution in [1.82, 2.24) is 4.90 Å². The highest BCUT2D eigenvalue weighted by Crippen LogP contribution is 2.42. The fourth-order valence-corrected chi connectivity index (χ4v) is 5.87. The predicted octanol–water partition coefficient (Wildman–Crippen LogP) is 7.81. The Morgan fingerprint density at radius 2 is 1.53 bits per heavy atom. The van der Waals surface area contributed by atoms with Crippen LogP contribution in [0.1, 0.15) is 56.4 Å². The van der Waals surface area contributed by atoms with Gasteiger partial charge in [0.1, 0.15) is 11.5 Å². The Kier molecular flexibility index (Phi) is 11.2. The first-order valence-corrected chi connectivity index (χ1v) is 17.2. The molecule has 0 fully saturated rings. The summed E-state index contributed by atoms with van der Waals surface area (Å²) in [7, 11) is -0.832. The van der Waals surface area contributed by atoms with E-state index < -0.39 is 31.5 Å². The van der Waals surface area contributed by atoms with E-state index in [1.54, 1.807) is 31.4 Å². The fraction of sp³-hybridized carbons (Fsp3) is 0.394. The van der Waals surface area contributed by atoms with Crippen LogP contribution in [0.25, 0.3) is 0 Å². The molecule has 3 aromatic rings. The number of Topliss-reactive ketones (excluding diaryl/α,β-unsaturated/α-hetero) is 1. The molecule has 0 aliphatic carbocycles. The number of hydrogen-bond acceptors (Lipinski definition) is 6. The van der Waals surface area contributed by atoms with Gasteiger partial charge in [0.25, 0.3) is 5.69 Å². The topological polar surface area (TPSA) is 119 Å². The van der Waals surface area contributed by atoms with Crippen LogP contribution in [-0.4, -0.2) is 48.3 Å². The van der Waals surface area contributed by atoms with Crippen LogP contribution >= 0.6 is 0 Å². The van der Waals surface area contributed by atoms with Crippen LogP contribution in [-0.2, 0) is 22.2 Å². The monoisotopic (exact) mass is 606 g/mol. The van der Waals surface area contributed by atoms with E-state index in [0.717, 1.165) is 11.1 Å². The number of ketones is 1. The lowest BCUT2D eigenvalue weighted by atomic mass is 9.94. The van der Waals surface area contributed by atoms with Gasteiger partial charge in [-0.05, 0) is 53.4 Å². The molecule has 0 aliphatic heterocycles. The number of benzene rings is 3. The quantitative estimate of drug-likeness (QED) is 0.113. The Bertz CT molecular complexity index is 1370. The van der Waals surface area contributed by atoms with Crippen molar-refractivity contribution >= 4 is 25.9 Å². The van der Waals surface area contributed by atoms with E-state index in [9.17, 15) is 24.8 Å². The third-order valence-corrected chi connectivity index (χ3v) is 12.6. The van der Waals surface area contributed by atoms with Gasteiger partial charge in [-0.1, -0.05) is 75.4 Å². The highest BCUT2D eigenvalue weighted by atomic mass is 28.4. The highest BCUT2D eigenvalue weighted by molar-refractivity contribution is 6.74. The number of ether oxygens (including phenoxy) is 1. The average molecular weight is 607 g/mol.